The van der Waals surface area contributed by atoms with Crippen LogP contribution in [0.4, 0.5) is 11.8 Å². The molecular formula is C10H14N6. The van der Waals surface area contributed by atoms with Crippen molar-refractivity contribution in [1.29, 1.82) is 0 Å². The Bertz CT molecular complexity index is 464. The van der Waals surface area contributed by atoms with Crippen LogP contribution < -0.4 is 11.1 Å². The highest BCUT2D eigenvalue weighted by atomic mass is 15.1. The Labute approximate surface area is 93.6 Å². The second-order valence-corrected chi connectivity index (χ2v) is 3.44. The summed E-state index contributed by atoms with van der Waals surface area (Å²) in [5.74, 6) is 2.04. The average Bonchev–Trinajstić information content (AvgIpc) is 2.65. The lowest BCUT2D eigenvalue weighted by Crippen LogP contribution is -2.11. The first-order valence-corrected chi connectivity index (χ1v) is 5.04. The summed E-state index contributed by atoms with van der Waals surface area (Å²) in [5.41, 5.74) is 5.54. The van der Waals surface area contributed by atoms with Crippen molar-refractivity contribution < 1.29 is 0 Å². The first kappa shape index (κ1) is 10.4. The van der Waals surface area contributed by atoms with Crippen LogP contribution in [0.25, 0.3) is 0 Å². The second-order valence-electron chi connectivity index (χ2n) is 3.44. The molecule has 0 aromatic carbocycles. The van der Waals surface area contributed by atoms with Crippen LogP contribution in [0.5, 0.6) is 0 Å². The van der Waals surface area contributed by atoms with Gasteiger partial charge in [-0.3, -0.25) is 0 Å². The summed E-state index contributed by atoms with van der Waals surface area (Å²) in [5, 5.41) is 3.10. The monoisotopic (exact) mass is 218 g/mol. The summed E-state index contributed by atoms with van der Waals surface area (Å²) in [6, 6.07) is 1.66. The van der Waals surface area contributed by atoms with Gasteiger partial charge in [-0.05, 0) is 6.07 Å². The average molecular weight is 218 g/mol. The van der Waals surface area contributed by atoms with E-state index >= 15 is 0 Å². The molecule has 0 aliphatic heterocycles. The fourth-order valence-corrected chi connectivity index (χ4v) is 1.38. The van der Waals surface area contributed by atoms with Crippen LogP contribution in [0.3, 0.4) is 0 Å². The van der Waals surface area contributed by atoms with Crippen molar-refractivity contribution in [1.82, 2.24) is 19.5 Å². The molecule has 2 aromatic rings. The van der Waals surface area contributed by atoms with Crippen LogP contribution in [0.15, 0.2) is 24.7 Å². The molecule has 6 nitrogen and oxygen atoms in total. The van der Waals surface area contributed by atoms with E-state index in [2.05, 4.69) is 20.3 Å². The van der Waals surface area contributed by atoms with Gasteiger partial charge in [0.2, 0.25) is 5.95 Å². The molecule has 2 heterocycles. The smallest absolute Gasteiger partial charge is 0.224 e. The van der Waals surface area contributed by atoms with E-state index in [1.165, 1.54) is 0 Å². The van der Waals surface area contributed by atoms with Gasteiger partial charge in [0.1, 0.15) is 11.6 Å². The summed E-state index contributed by atoms with van der Waals surface area (Å²) in [4.78, 5) is 12.3. The topological polar surface area (TPSA) is 81.7 Å². The zero-order valence-corrected chi connectivity index (χ0v) is 9.09. The Hall–Kier alpha value is -2.11. The Balaban J connectivity index is 1.87. The van der Waals surface area contributed by atoms with Gasteiger partial charge in [-0.1, -0.05) is 0 Å². The highest BCUT2D eigenvalue weighted by molar-refractivity contribution is 5.34. The number of aryl methyl sites for hydroxylation is 1. The largest absolute Gasteiger partial charge is 0.384 e. The highest BCUT2D eigenvalue weighted by Crippen LogP contribution is 2.01. The van der Waals surface area contributed by atoms with E-state index in [1.54, 1.807) is 18.5 Å². The van der Waals surface area contributed by atoms with Crippen molar-refractivity contribution in [2.45, 2.75) is 6.42 Å². The summed E-state index contributed by atoms with van der Waals surface area (Å²) >= 11 is 0. The van der Waals surface area contributed by atoms with E-state index in [-0.39, 0.29) is 0 Å². The minimum absolute atomic E-state index is 0.467. The van der Waals surface area contributed by atoms with Crippen molar-refractivity contribution in [2.24, 2.45) is 7.05 Å². The third-order valence-electron chi connectivity index (χ3n) is 2.23. The van der Waals surface area contributed by atoms with Crippen molar-refractivity contribution in [3.8, 4) is 0 Å². The fourth-order valence-electron chi connectivity index (χ4n) is 1.38. The van der Waals surface area contributed by atoms with Crippen molar-refractivity contribution in [2.75, 3.05) is 17.6 Å². The first-order chi connectivity index (χ1) is 7.75. The normalized spacial score (nSPS) is 10.3. The number of imidazole rings is 1. The number of nitrogens with two attached hydrogens (primary N) is 1. The molecule has 0 atom stereocenters. The Morgan fingerprint density at radius 3 is 2.94 bits per heavy atom. The molecule has 0 aliphatic rings. The van der Waals surface area contributed by atoms with Gasteiger partial charge in [0.15, 0.2) is 0 Å². The minimum Gasteiger partial charge on any atom is -0.384 e. The van der Waals surface area contributed by atoms with Gasteiger partial charge in [0, 0.05) is 38.6 Å². The molecule has 0 unspecified atom stereocenters. The number of nitrogen functional groups attached to an aromatic ring is 1. The standard InChI is InChI=1S/C10H14N6/c1-16-7-6-12-9(16)3-5-14-10-13-4-2-8(11)15-10/h2,4,6-7H,3,5H2,1H3,(H3,11,13,14,15). The molecule has 6 heteroatoms. The molecule has 0 saturated heterocycles. The number of rotatable bonds is 4. The molecule has 84 valence electrons. The lowest BCUT2D eigenvalue weighted by atomic mass is 10.4. The number of aromatic nitrogens is 4. The van der Waals surface area contributed by atoms with E-state index in [0.29, 0.717) is 11.8 Å². The predicted octanol–water partition coefficient (Wildman–Crippen LogP) is 0.447. The maximum Gasteiger partial charge on any atom is 0.224 e. The zero-order valence-electron chi connectivity index (χ0n) is 9.09. The molecule has 16 heavy (non-hydrogen) atoms. The molecule has 0 fully saturated rings. The van der Waals surface area contributed by atoms with E-state index in [0.717, 1.165) is 18.8 Å². The van der Waals surface area contributed by atoms with Crippen molar-refractivity contribution in [3.63, 3.8) is 0 Å². The van der Waals surface area contributed by atoms with Crippen LogP contribution in [0.2, 0.25) is 0 Å². The quantitative estimate of drug-likeness (QED) is 0.778. The van der Waals surface area contributed by atoms with Gasteiger partial charge in [0.05, 0.1) is 0 Å². The molecule has 2 aromatic heterocycles. The summed E-state index contributed by atoms with van der Waals surface area (Å²) in [6.07, 6.45) is 6.16. The SMILES string of the molecule is Cn1ccnc1CCNc1nccc(N)n1. The first-order valence-electron chi connectivity index (χ1n) is 5.04. The highest BCUT2D eigenvalue weighted by Gasteiger charge is 2.00. The summed E-state index contributed by atoms with van der Waals surface area (Å²) < 4.78 is 1.99. The number of anilines is 2. The molecule has 0 amide bonds. The lowest BCUT2D eigenvalue weighted by Gasteiger charge is -2.04. The van der Waals surface area contributed by atoms with Gasteiger partial charge in [-0.25, -0.2) is 9.97 Å². The molecule has 3 N–H and O–H groups in total. The van der Waals surface area contributed by atoms with Gasteiger partial charge in [-0.2, -0.15) is 4.98 Å². The number of nitrogens with one attached hydrogen (secondary N) is 1. The maximum absolute atomic E-state index is 5.54. The van der Waals surface area contributed by atoms with E-state index < -0.39 is 0 Å². The van der Waals surface area contributed by atoms with Crippen molar-refractivity contribution in [3.05, 3.63) is 30.5 Å². The molecule has 0 spiro atoms. The number of hydrogen-bond acceptors (Lipinski definition) is 5. The number of nitrogens with zero attached hydrogens (tertiary/aromatic N) is 4. The van der Waals surface area contributed by atoms with Gasteiger partial charge in [-0.15, -0.1) is 0 Å². The molecule has 0 aliphatic carbocycles. The minimum atomic E-state index is 0.467. The molecule has 2 rings (SSSR count). The molecule has 0 bridgehead atoms. The van der Waals surface area contributed by atoms with E-state index in [4.69, 9.17) is 5.73 Å². The third kappa shape index (κ3) is 2.47. The maximum atomic E-state index is 5.54. The molecule has 0 radical (unpaired) electrons. The zero-order chi connectivity index (χ0) is 11.4. The van der Waals surface area contributed by atoms with Gasteiger partial charge in [0.25, 0.3) is 0 Å². The Kier molecular flexibility index (Phi) is 3.00. The van der Waals surface area contributed by atoms with Crippen LogP contribution >= 0.6 is 0 Å². The van der Waals surface area contributed by atoms with Crippen molar-refractivity contribution >= 4 is 11.8 Å². The fraction of sp³-hybridized carbons (Fsp3) is 0.300. The van der Waals surface area contributed by atoms with E-state index in [1.807, 2.05) is 17.8 Å². The lowest BCUT2D eigenvalue weighted by molar-refractivity contribution is 0.787. The second kappa shape index (κ2) is 4.61. The third-order valence-corrected chi connectivity index (χ3v) is 2.23. The molecule has 0 saturated carbocycles. The predicted molar refractivity (Wildman–Crippen MR) is 61.8 cm³/mol. The van der Waals surface area contributed by atoms with Gasteiger partial charge >= 0.3 is 0 Å². The summed E-state index contributed by atoms with van der Waals surface area (Å²) in [6.45, 7) is 0.730. The van der Waals surface area contributed by atoms with Crippen LogP contribution in [0, 0.1) is 0 Å². The van der Waals surface area contributed by atoms with E-state index in [9.17, 15) is 0 Å². The van der Waals surface area contributed by atoms with Crippen LogP contribution in [0.1, 0.15) is 5.82 Å². The van der Waals surface area contributed by atoms with Crippen LogP contribution in [-0.2, 0) is 13.5 Å². The number of hydrogen-bond donors (Lipinski definition) is 2. The Morgan fingerprint density at radius 2 is 2.25 bits per heavy atom. The Morgan fingerprint density at radius 1 is 1.38 bits per heavy atom. The van der Waals surface area contributed by atoms with Gasteiger partial charge < -0.3 is 15.6 Å². The van der Waals surface area contributed by atoms with Crippen LogP contribution in [-0.4, -0.2) is 26.1 Å². The summed E-state index contributed by atoms with van der Waals surface area (Å²) in [7, 11) is 1.97. The molecular weight excluding hydrogens is 204 g/mol.